The highest BCUT2D eigenvalue weighted by Gasteiger charge is 2.23. The molecule has 0 bridgehead atoms. The Morgan fingerprint density at radius 1 is 1.18 bits per heavy atom. The zero-order chi connectivity index (χ0) is 20.1. The number of likely N-dealkylation sites (tertiary alicyclic amines) is 1. The van der Waals surface area contributed by atoms with Crippen molar-refractivity contribution >= 4 is 28.7 Å². The lowest BCUT2D eigenvalue weighted by atomic mass is 10.2. The lowest BCUT2D eigenvalue weighted by molar-refractivity contribution is 0.0646. The lowest BCUT2D eigenvalue weighted by Crippen LogP contribution is -2.42. The zero-order valence-corrected chi connectivity index (χ0v) is 15.0. The number of carbonyl (C=O) groups is 1. The van der Waals surface area contributed by atoms with Crippen molar-refractivity contribution in [1.29, 1.82) is 5.41 Å². The Labute approximate surface area is 160 Å². The van der Waals surface area contributed by atoms with Crippen molar-refractivity contribution in [3.63, 3.8) is 0 Å². The van der Waals surface area contributed by atoms with Crippen molar-refractivity contribution in [3.05, 3.63) is 71.7 Å². The van der Waals surface area contributed by atoms with Gasteiger partial charge in [0.2, 0.25) is 0 Å². The molecule has 0 aliphatic carbocycles. The number of allylic oxidation sites excluding steroid dienone is 1. The summed E-state index contributed by atoms with van der Waals surface area (Å²) in [6, 6.07) is 10.5. The second kappa shape index (κ2) is 8.43. The van der Waals surface area contributed by atoms with E-state index in [0.29, 0.717) is 22.6 Å². The lowest BCUT2D eigenvalue weighted by Gasteiger charge is -2.30. The van der Waals surface area contributed by atoms with Gasteiger partial charge in [-0.25, -0.2) is 13.8 Å². The Morgan fingerprint density at radius 2 is 1.86 bits per heavy atom. The summed E-state index contributed by atoms with van der Waals surface area (Å²) in [4.78, 5) is 21.4. The van der Waals surface area contributed by atoms with Gasteiger partial charge in [-0.1, -0.05) is 12.1 Å². The average Bonchev–Trinajstić information content (AvgIpc) is 3.08. The van der Waals surface area contributed by atoms with E-state index >= 15 is 0 Å². The second-order valence-corrected chi connectivity index (χ2v) is 6.14. The van der Waals surface area contributed by atoms with Crippen LogP contribution in [0.5, 0.6) is 0 Å². The third-order valence-electron chi connectivity index (χ3n) is 4.31. The van der Waals surface area contributed by atoms with Gasteiger partial charge in [-0.05, 0) is 36.8 Å². The van der Waals surface area contributed by atoms with E-state index in [-0.39, 0.29) is 5.91 Å². The van der Waals surface area contributed by atoms with Crippen LogP contribution in [0.15, 0.2) is 48.7 Å². The summed E-state index contributed by atoms with van der Waals surface area (Å²) in [5, 5.41) is 8.16. The molecule has 0 unspecified atom stereocenters. The van der Waals surface area contributed by atoms with Gasteiger partial charge in [-0.3, -0.25) is 4.79 Å². The number of halogens is 2. The Kier molecular flexibility index (Phi) is 5.78. The van der Waals surface area contributed by atoms with Crippen LogP contribution in [0.25, 0.3) is 16.6 Å². The molecule has 4 N–H and O–H groups in total. The normalized spacial score (nSPS) is 13.5. The zero-order valence-electron chi connectivity index (χ0n) is 15.0. The van der Waals surface area contributed by atoms with Crippen LogP contribution in [-0.4, -0.2) is 40.1 Å². The van der Waals surface area contributed by atoms with Crippen LogP contribution in [0, 0.1) is 17.0 Å². The van der Waals surface area contributed by atoms with E-state index in [1.807, 2.05) is 12.1 Å². The molecule has 4 rings (SSSR count). The van der Waals surface area contributed by atoms with E-state index in [1.165, 1.54) is 18.3 Å². The standard InChI is InChI=1S/C14H15N5O.C6H4F2/c15-7-10(8-16)11-3-2-9-6-12(18-13(9)17-11)14(20)19-4-1-5-19;7-5-3-1-2-4-6(5)8/h2-3,6-8,15H,1,4-5,16H2,(H,17,18);1-4H/b10-8+,15-7?;. The van der Waals surface area contributed by atoms with Gasteiger partial charge in [0.1, 0.15) is 11.3 Å². The molecule has 8 heteroatoms. The van der Waals surface area contributed by atoms with E-state index in [2.05, 4.69) is 9.97 Å². The maximum atomic E-state index is 12.1. The van der Waals surface area contributed by atoms with Crippen LogP contribution in [0.4, 0.5) is 8.78 Å². The topological polar surface area (TPSA) is 98.9 Å². The summed E-state index contributed by atoms with van der Waals surface area (Å²) in [7, 11) is 0. The van der Waals surface area contributed by atoms with Gasteiger partial charge in [0.25, 0.3) is 5.91 Å². The average molecular weight is 383 g/mol. The molecule has 3 aromatic rings. The smallest absolute Gasteiger partial charge is 0.270 e. The molecule has 2 aromatic heterocycles. The highest BCUT2D eigenvalue weighted by Crippen LogP contribution is 2.19. The predicted octanol–water partition coefficient (Wildman–Crippen LogP) is 3.32. The molecule has 1 aliphatic heterocycles. The number of aromatic amines is 1. The van der Waals surface area contributed by atoms with Crippen molar-refractivity contribution < 1.29 is 13.6 Å². The predicted molar refractivity (Wildman–Crippen MR) is 104 cm³/mol. The molecule has 144 valence electrons. The number of hydrogen-bond acceptors (Lipinski definition) is 4. The molecule has 28 heavy (non-hydrogen) atoms. The highest BCUT2D eigenvalue weighted by molar-refractivity contribution is 6.08. The van der Waals surface area contributed by atoms with Crippen LogP contribution in [0.1, 0.15) is 22.6 Å². The number of nitrogens with zero attached hydrogens (tertiary/aromatic N) is 2. The van der Waals surface area contributed by atoms with E-state index in [0.717, 1.165) is 43.2 Å². The van der Waals surface area contributed by atoms with Crippen molar-refractivity contribution in [1.82, 2.24) is 14.9 Å². The summed E-state index contributed by atoms with van der Waals surface area (Å²) < 4.78 is 23.9. The Morgan fingerprint density at radius 3 is 2.36 bits per heavy atom. The first kappa shape index (κ1) is 19.2. The van der Waals surface area contributed by atoms with Gasteiger partial charge in [0.15, 0.2) is 11.6 Å². The molecule has 1 aromatic carbocycles. The van der Waals surface area contributed by atoms with E-state index in [4.69, 9.17) is 11.1 Å². The number of nitrogens with two attached hydrogens (primary N) is 1. The van der Waals surface area contributed by atoms with Gasteiger partial charge in [0.05, 0.1) is 5.69 Å². The number of fused-ring (bicyclic) bond motifs is 1. The summed E-state index contributed by atoms with van der Waals surface area (Å²) in [5.74, 6) is -1.59. The van der Waals surface area contributed by atoms with Gasteiger partial charge in [-0.2, -0.15) is 0 Å². The van der Waals surface area contributed by atoms with E-state index in [1.54, 1.807) is 11.0 Å². The molecular formula is C20H19F2N5O. The Balaban J connectivity index is 0.000000236. The van der Waals surface area contributed by atoms with Gasteiger partial charge in [-0.15, -0.1) is 0 Å². The molecule has 0 saturated carbocycles. The summed E-state index contributed by atoms with van der Waals surface area (Å²) in [5.41, 5.74) is 7.79. The maximum absolute atomic E-state index is 12.1. The van der Waals surface area contributed by atoms with E-state index < -0.39 is 11.6 Å². The minimum atomic E-state index is -0.799. The first-order valence-corrected chi connectivity index (χ1v) is 8.65. The van der Waals surface area contributed by atoms with Crippen molar-refractivity contribution in [2.24, 2.45) is 5.73 Å². The fraction of sp³-hybridized carbons (Fsp3) is 0.150. The Bertz CT molecular complexity index is 1020. The summed E-state index contributed by atoms with van der Waals surface area (Å²) in [6.45, 7) is 1.64. The molecule has 6 nitrogen and oxygen atoms in total. The third kappa shape index (κ3) is 4.06. The van der Waals surface area contributed by atoms with Crippen molar-refractivity contribution in [3.8, 4) is 0 Å². The number of rotatable bonds is 3. The molecule has 3 heterocycles. The molecule has 1 fully saturated rings. The summed E-state index contributed by atoms with van der Waals surface area (Å²) >= 11 is 0. The first-order chi connectivity index (χ1) is 13.5. The number of benzene rings is 1. The maximum Gasteiger partial charge on any atom is 0.270 e. The quantitative estimate of drug-likeness (QED) is 0.605. The van der Waals surface area contributed by atoms with Gasteiger partial charge >= 0.3 is 0 Å². The van der Waals surface area contributed by atoms with Crippen LogP contribution in [0.3, 0.4) is 0 Å². The summed E-state index contributed by atoms with van der Waals surface area (Å²) in [6.07, 6.45) is 3.57. The highest BCUT2D eigenvalue weighted by atomic mass is 19.2. The third-order valence-corrected chi connectivity index (χ3v) is 4.31. The number of nitrogens with one attached hydrogen (secondary N) is 2. The molecule has 0 atom stereocenters. The second-order valence-electron chi connectivity index (χ2n) is 6.14. The van der Waals surface area contributed by atoms with E-state index in [9.17, 15) is 13.6 Å². The molecule has 1 saturated heterocycles. The SMILES string of the molecule is Fc1ccccc1F.N=C/C(=C\N)c1ccc2cc(C(=O)N3CCC3)[nH]c2n1. The number of pyridine rings is 1. The van der Waals surface area contributed by atoms with Crippen LogP contribution < -0.4 is 5.73 Å². The minimum absolute atomic E-state index is 0.0115. The molecule has 1 aliphatic rings. The first-order valence-electron chi connectivity index (χ1n) is 8.65. The number of H-pyrrole nitrogens is 1. The molecule has 1 amide bonds. The van der Waals surface area contributed by atoms with Crippen LogP contribution in [-0.2, 0) is 0 Å². The number of hydrogen-bond donors (Lipinski definition) is 3. The van der Waals surface area contributed by atoms with Gasteiger partial charge < -0.3 is 21.0 Å². The Hall–Kier alpha value is -3.55. The van der Waals surface area contributed by atoms with Crippen molar-refractivity contribution in [2.45, 2.75) is 6.42 Å². The molecular weight excluding hydrogens is 364 g/mol. The fourth-order valence-electron chi connectivity index (χ4n) is 2.62. The van der Waals surface area contributed by atoms with Crippen molar-refractivity contribution in [2.75, 3.05) is 13.1 Å². The van der Waals surface area contributed by atoms with Crippen LogP contribution in [0.2, 0.25) is 0 Å². The largest absolute Gasteiger partial charge is 0.404 e. The minimum Gasteiger partial charge on any atom is -0.404 e. The number of aromatic nitrogens is 2. The fourth-order valence-corrected chi connectivity index (χ4v) is 2.62. The molecule has 0 radical (unpaired) electrons. The number of amides is 1. The van der Waals surface area contributed by atoms with Crippen LogP contribution >= 0.6 is 0 Å². The van der Waals surface area contributed by atoms with Gasteiger partial charge in [0, 0.05) is 36.5 Å². The molecule has 0 spiro atoms. The number of carbonyl (C=O) groups excluding carboxylic acids is 1. The monoisotopic (exact) mass is 383 g/mol.